The number of aromatic carboxylic acids is 1. The second-order valence-corrected chi connectivity index (χ2v) is 9.19. The van der Waals surface area contributed by atoms with E-state index in [0.29, 0.717) is 17.2 Å². The van der Waals surface area contributed by atoms with Crippen LogP contribution in [0.5, 0.6) is 0 Å². The second-order valence-electron chi connectivity index (χ2n) is 8.16. The van der Waals surface area contributed by atoms with Gasteiger partial charge in [0.1, 0.15) is 10.7 Å². The van der Waals surface area contributed by atoms with Gasteiger partial charge in [-0.1, -0.05) is 29.8 Å². The molecule has 2 aromatic heterocycles. The Hall–Kier alpha value is -3.04. The number of thiazole rings is 1. The third-order valence-corrected chi connectivity index (χ3v) is 7.43. The van der Waals surface area contributed by atoms with Gasteiger partial charge in [-0.05, 0) is 24.8 Å². The van der Waals surface area contributed by atoms with Crippen molar-refractivity contribution >= 4 is 23.2 Å². The summed E-state index contributed by atoms with van der Waals surface area (Å²) in [6, 6.07) is 9.01. The highest BCUT2D eigenvalue weighted by Gasteiger charge is 2.48. The van der Waals surface area contributed by atoms with Gasteiger partial charge in [-0.2, -0.15) is 0 Å². The van der Waals surface area contributed by atoms with Gasteiger partial charge in [0.25, 0.3) is 5.91 Å². The van der Waals surface area contributed by atoms with Gasteiger partial charge < -0.3 is 19.6 Å². The zero-order valence-electron chi connectivity index (χ0n) is 16.9. The number of carboxylic acid groups (broad SMARTS) is 1. The number of aliphatic hydroxyl groups is 1. The summed E-state index contributed by atoms with van der Waals surface area (Å²) < 4.78 is 5.34. The Morgan fingerprint density at radius 2 is 2.06 bits per heavy atom. The molecular formula is C22H21N3O5S. The lowest BCUT2D eigenvalue weighted by atomic mass is 9.84. The molecule has 160 valence electrons. The lowest BCUT2D eigenvalue weighted by Crippen LogP contribution is -2.35. The van der Waals surface area contributed by atoms with Gasteiger partial charge >= 0.3 is 5.97 Å². The van der Waals surface area contributed by atoms with E-state index in [1.807, 2.05) is 24.3 Å². The molecule has 1 amide bonds. The Balaban J connectivity index is 1.48. The molecule has 1 aromatic carbocycles. The van der Waals surface area contributed by atoms with Crippen LogP contribution >= 0.6 is 11.3 Å². The highest BCUT2D eigenvalue weighted by atomic mass is 32.1. The molecule has 1 aliphatic carbocycles. The largest absolute Gasteiger partial charge is 0.476 e. The molecule has 5 rings (SSSR count). The molecule has 9 heteroatoms. The summed E-state index contributed by atoms with van der Waals surface area (Å²) in [6.07, 6.45) is 3.37. The smallest absolute Gasteiger partial charge is 0.355 e. The third kappa shape index (κ3) is 3.24. The van der Waals surface area contributed by atoms with Crippen LogP contribution in [-0.4, -0.2) is 50.7 Å². The Bertz CT molecular complexity index is 1180. The van der Waals surface area contributed by atoms with Crippen molar-refractivity contribution in [3.63, 3.8) is 0 Å². The first-order valence-electron chi connectivity index (χ1n) is 10.2. The SMILES string of the molecule is CN1CCC(O)(c2cc(-c3cccc(-c4nc(C(=O)O)c(C5CCC5)s4)c3)no2)C1=O. The zero-order valence-corrected chi connectivity index (χ0v) is 17.7. The fourth-order valence-corrected chi connectivity index (χ4v) is 5.28. The van der Waals surface area contributed by atoms with Crippen molar-refractivity contribution in [1.82, 2.24) is 15.0 Å². The molecule has 1 saturated carbocycles. The predicted octanol–water partition coefficient (Wildman–Crippen LogP) is 3.48. The van der Waals surface area contributed by atoms with E-state index in [2.05, 4.69) is 10.1 Å². The van der Waals surface area contributed by atoms with Crippen LogP contribution in [0, 0.1) is 0 Å². The average molecular weight is 439 g/mol. The number of carboxylic acids is 1. The Morgan fingerprint density at radius 1 is 1.29 bits per heavy atom. The van der Waals surface area contributed by atoms with Gasteiger partial charge in [-0.25, -0.2) is 9.78 Å². The number of hydrogen-bond acceptors (Lipinski definition) is 7. The van der Waals surface area contributed by atoms with Crippen molar-refractivity contribution in [3.8, 4) is 21.8 Å². The molecular weight excluding hydrogens is 418 g/mol. The van der Waals surface area contributed by atoms with Crippen LogP contribution in [0.2, 0.25) is 0 Å². The molecule has 1 atom stereocenters. The number of likely N-dealkylation sites (N-methyl/N-ethyl adjacent to an activating group) is 1. The normalized spacial score (nSPS) is 21.5. The van der Waals surface area contributed by atoms with E-state index in [1.165, 1.54) is 16.2 Å². The summed E-state index contributed by atoms with van der Waals surface area (Å²) in [5.74, 6) is -1.00. The van der Waals surface area contributed by atoms with Crippen LogP contribution in [0.1, 0.15) is 52.7 Å². The van der Waals surface area contributed by atoms with Crippen molar-refractivity contribution in [2.75, 3.05) is 13.6 Å². The van der Waals surface area contributed by atoms with Crippen LogP contribution in [0.4, 0.5) is 0 Å². The van der Waals surface area contributed by atoms with Crippen LogP contribution in [0.15, 0.2) is 34.9 Å². The van der Waals surface area contributed by atoms with Gasteiger partial charge in [-0.15, -0.1) is 11.3 Å². The van der Waals surface area contributed by atoms with E-state index in [0.717, 1.165) is 35.3 Å². The van der Waals surface area contributed by atoms with Gasteiger partial charge in [0, 0.05) is 42.1 Å². The summed E-state index contributed by atoms with van der Waals surface area (Å²) >= 11 is 1.43. The van der Waals surface area contributed by atoms with E-state index >= 15 is 0 Å². The summed E-state index contributed by atoms with van der Waals surface area (Å²) in [6.45, 7) is 0.445. The van der Waals surface area contributed by atoms with Crippen molar-refractivity contribution in [1.29, 1.82) is 0 Å². The van der Waals surface area contributed by atoms with Crippen LogP contribution in [0.3, 0.4) is 0 Å². The maximum atomic E-state index is 12.3. The van der Waals surface area contributed by atoms with E-state index in [4.69, 9.17) is 4.52 Å². The van der Waals surface area contributed by atoms with Crippen LogP contribution < -0.4 is 0 Å². The Morgan fingerprint density at radius 3 is 2.71 bits per heavy atom. The van der Waals surface area contributed by atoms with E-state index in [1.54, 1.807) is 13.1 Å². The summed E-state index contributed by atoms with van der Waals surface area (Å²) in [5.41, 5.74) is 0.454. The lowest BCUT2D eigenvalue weighted by Gasteiger charge is -2.24. The zero-order chi connectivity index (χ0) is 21.8. The number of likely N-dealkylation sites (tertiary alicyclic amines) is 1. The summed E-state index contributed by atoms with van der Waals surface area (Å²) in [4.78, 5) is 30.7. The first-order valence-corrected chi connectivity index (χ1v) is 11.0. The number of hydrogen-bond donors (Lipinski definition) is 2. The predicted molar refractivity (Wildman–Crippen MR) is 113 cm³/mol. The number of benzene rings is 1. The standard InChI is InChI=1S/C22H21N3O5S/c1-25-9-8-22(29,21(25)28)16-11-15(24-30-16)13-6-3-7-14(10-13)19-23-17(20(26)27)18(31-19)12-4-2-5-12/h3,6-7,10-12,29H,2,4-5,8-9H2,1H3,(H,26,27). The molecule has 1 saturated heterocycles. The highest BCUT2D eigenvalue weighted by Crippen LogP contribution is 2.43. The quantitative estimate of drug-likeness (QED) is 0.625. The average Bonchev–Trinajstić information content (AvgIpc) is 3.43. The van der Waals surface area contributed by atoms with Crippen LogP contribution in [0.25, 0.3) is 21.8 Å². The molecule has 2 N–H and O–H groups in total. The summed E-state index contributed by atoms with van der Waals surface area (Å²) in [7, 11) is 1.64. The molecule has 0 radical (unpaired) electrons. The molecule has 31 heavy (non-hydrogen) atoms. The van der Waals surface area contributed by atoms with Crippen molar-refractivity contribution in [2.24, 2.45) is 0 Å². The number of aromatic nitrogens is 2. The first-order chi connectivity index (χ1) is 14.9. The molecule has 3 aromatic rings. The fourth-order valence-electron chi connectivity index (χ4n) is 4.06. The van der Waals surface area contributed by atoms with Crippen molar-refractivity contribution < 1.29 is 24.3 Å². The third-order valence-electron chi connectivity index (χ3n) is 6.16. The Labute approximate surface area is 182 Å². The molecule has 2 fully saturated rings. The van der Waals surface area contributed by atoms with Crippen molar-refractivity contribution in [2.45, 2.75) is 37.2 Å². The highest BCUT2D eigenvalue weighted by molar-refractivity contribution is 7.15. The van der Waals surface area contributed by atoms with Gasteiger partial charge in [0.05, 0.1) is 0 Å². The first kappa shape index (κ1) is 19.9. The lowest BCUT2D eigenvalue weighted by molar-refractivity contribution is -0.144. The number of amides is 1. The molecule has 2 aliphatic rings. The molecule has 0 bridgehead atoms. The van der Waals surface area contributed by atoms with Gasteiger partial charge in [-0.3, -0.25) is 4.79 Å². The number of carbonyl (C=O) groups excluding carboxylic acids is 1. The van der Waals surface area contributed by atoms with Crippen LogP contribution in [-0.2, 0) is 10.4 Å². The molecule has 8 nitrogen and oxygen atoms in total. The topological polar surface area (TPSA) is 117 Å². The molecule has 0 spiro atoms. The number of carbonyl (C=O) groups is 2. The number of nitrogens with zero attached hydrogens (tertiary/aromatic N) is 3. The van der Waals surface area contributed by atoms with E-state index < -0.39 is 17.5 Å². The molecule has 1 unspecified atom stereocenters. The van der Waals surface area contributed by atoms with Crippen molar-refractivity contribution in [3.05, 3.63) is 46.7 Å². The molecule has 3 heterocycles. The van der Waals surface area contributed by atoms with Gasteiger partial charge in [0.2, 0.25) is 5.60 Å². The van der Waals surface area contributed by atoms with E-state index in [-0.39, 0.29) is 23.8 Å². The Kier molecular flexibility index (Phi) is 4.67. The second kappa shape index (κ2) is 7.28. The minimum absolute atomic E-state index is 0.122. The van der Waals surface area contributed by atoms with E-state index in [9.17, 15) is 19.8 Å². The fraction of sp³-hybridized carbons (Fsp3) is 0.364. The maximum Gasteiger partial charge on any atom is 0.355 e. The monoisotopic (exact) mass is 439 g/mol. The minimum atomic E-state index is -1.69. The van der Waals surface area contributed by atoms with Gasteiger partial charge in [0.15, 0.2) is 11.5 Å². The number of rotatable bonds is 5. The minimum Gasteiger partial charge on any atom is -0.476 e. The molecule has 1 aliphatic heterocycles. The summed E-state index contributed by atoms with van der Waals surface area (Å²) in [5, 5.41) is 25.0. The maximum absolute atomic E-state index is 12.3.